The molecule has 1 N–H and O–H groups in total. The molecule has 2 heterocycles. The van der Waals surface area contributed by atoms with Gasteiger partial charge in [0.2, 0.25) is 0 Å². The molecular formula is C11H14N2. The summed E-state index contributed by atoms with van der Waals surface area (Å²) in [5.41, 5.74) is 2.70. The second-order valence-electron chi connectivity index (χ2n) is 3.26. The number of aromatic nitrogens is 1. The van der Waals surface area contributed by atoms with Crippen LogP contribution in [0.5, 0.6) is 0 Å². The van der Waals surface area contributed by atoms with Crippen molar-refractivity contribution in [1.82, 2.24) is 10.3 Å². The molecule has 0 atom stereocenters. The monoisotopic (exact) mass is 174 g/mol. The maximum Gasteiger partial charge on any atom is 0.0342 e. The van der Waals surface area contributed by atoms with Gasteiger partial charge in [0.1, 0.15) is 0 Å². The third kappa shape index (κ3) is 2.16. The maximum atomic E-state index is 4.13. The molecule has 0 aliphatic carbocycles. The summed E-state index contributed by atoms with van der Waals surface area (Å²) in [6, 6.07) is 4.12. The van der Waals surface area contributed by atoms with Gasteiger partial charge in [-0.25, -0.2) is 0 Å². The summed E-state index contributed by atoms with van der Waals surface area (Å²) in [4.78, 5) is 4.13. The molecule has 1 aromatic rings. The van der Waals surface area contributed by atoms with Crippen molar-refractivity contribution in [2.24, 2.45) is 0 Å². The van der Waals surface area contributed by atoms with Gasteiger partial charge in [0.15, 0.2) is 0 Å². The van der Waals surface area contributed by atoms with E-state index in [2.05, 4.69) is 22.4 Å². The van der Waals surface area contributed by atoms with Gasteiger partial charge in [0.25, 0.3) is 0 Å². The Morgan fingerprint density at radius 1 is 1.31 bits per heavy atom. The third-order valence-corrected chi connectivity index (χ3v) is 2.32. The Balaban J connectivity index is 2.19. The van der Waals surface area contributed by atoms with Crippen LogP contribution in [0.2, 0.25) is 0 Å². The van der Waals surface area contributed by atoms with E-state index >= 15 is 0 Å². The zero-order valence-corrected chi connectivity index (χ0v) is 7.66. The Kier molecular flexibility index (Phi) is 2.72. The first-order valence-electron chi connectivity index (χ1n) is 4.77. The van der Waals surface area contributed by atoms with Crippen molar-refractivity contribution in [3.8, 4) is 0 Å². The molecule has 0 bridgehead atoms. The molecule has 0 aromatic carbocycles. The highest BCUT2D eigenvalue weighted by molar-refractivity contribution is 5.65. The van der Waals surface area contributed by atoms with Crippen molar-refractivity contribution in [2.45, 2.75) is 12.8 Å². The maximum absolute atomic E-state index is 4.13. The molecule has 13 heavy (non-hydrogen) atoms. The lowest BCUT2D eigenvalue weighted by Crippen LogP contribution is -2.13. The van der Waals surface area contributed by atoms with Gasteiger partial charge >= 0.3 is 0 Å². The molecule has 0 unspecified atom stereocenters. The summed E-state index contributed by atoms with van der Waals surface area (Å²) < 4.78 is 0. The molecule has 1 aliphatic heterocycles. The molecular weight excluding hydrogens is 160 g/mol. The average Bonchev–Trinajstić information content (AvgIpc) is 2.47. The molecule has 68 valence electrons. The predicted octanol–water partition coefficient (Wildman–Crippen LogP) is 1.85. The van der Waals surface area contributed by atoms with Crippen LogP contribution in [0.25, 0.3) is 5.57 Å². The van der Waals surface area contributed by atoms with E-state index in [9.17, 15) is 0 Å². The summed E-state index contributed by atoms with van der Waals surface area (Å²) in [6.07, 6.45) is 8.32. The van der Waals surface area contributed by atoms with E-state index in [4.69, 9.17) is 0 Å². The second-order valence-corrected chi connectivity index (χ2v) is 3.26. The first-order chi connectivity index (χ1) is 6.47. The average molecular weight is 174 g/mol. The molecule has 0 spiro atoms. The Hall–Kier alpha value is -1.15. The van der Waals surface area contributed by atoms with Crippen LogP contribution >= 0.6 is 0 Å². The molecule has 0 fully saturated rings. The van der Waals surface area contributed by atoms with Crippen LogP contribution in [0.3, 0.4) is 0 Å². The first-order valence-corrected chi connectivity index (χ1v) is 4.77. The van der Waals surface area contributed by atoms with Gasteiger partial charge in [0, 0.05) is 12.4 Å². The minimum absolute atomic E-state index is 1.08. The van der Waals surface area contributed by atoms with E-state index in [1.54, 1.807) is 0 Å². The van der Waals surface area contributed by atoms with E-state index in [1.807, 2.05) is 18.5 Å². The summed E-state index contributed by atoms with van der Waals surface area (Å²) in [6.45, 7) is 2.19. The lowest BCUT2D eigenvalue weighted by Gasteiger charge is -2.03. The van der Waals surface area contributed by atoms with Crippen molar-refractivity contribution in [2.75, 3.05) is 13.1 Å². The number of hydrogen-bond acceptors (Lipinski definition) is 2. The van der Waals surface area contributed by atoms with E-state index in [0.29, 0.717) is 0 Å². The molecule has 1 aliphatic rings. The fourth-order valence-electron chi connectivity index (χ4n) is 1.61. The molecule has 0 amide bonds. The first kappa shape index (κ1) is 8.45. The topological polar surface area (TPSA) is 24.9 Å². The predicted molar refractivity (Wildman–Crippen MR) is 54.3 cm³/mol. The SMILES string of the molecule is C1=C(c2cccnc2)CCNCC1. The van der Waals surface area contributed by atoms with Crippen molar-refractivity contribution in [3.05, 3.63) is 36.2 Å². The van der Waals surface area contributed by atoms with Crippen LogP contribution in [0.1, 0.15) is 18.4 Å². The van der Waals surface area contributed by atoms with Crippen LogP contribution in [-0.2, 0) is 0 Å². The van der Waals surface area contributed by atoms with Gasteiger partial charge in [-0.05, 0) is 43.1 Å². The Labute approximate surface area is 78.7 Å². The van der Waals surface area contributed by atoms with E-state index in [-0.39, 0.29) is 0 Å². The number of nitrogens with zero attached hydrogens (tertiary/aromatic N) is 1. The Bertz CT molecular complexity index is 290. The van der Waals surface area contributed by atoms with E-state index in [1.165, 1.54) is 11.1 Å². The van der Waals surface area contributed by atoms with Gasteiger partial charge in [0.05, 0.1) is 0 Å². The highest BCUT2D eigenvalue weighted by Crippen LogP contribution is 2.18. The van der Waals surface area contributed by atoms with Crippen molar-refractivity contribution in [3.63, 3.8) is 0 Å². The molecule has 0 saturated heterocycles. The largest absolute Gasteiger partial charge is 0.316 e. The van der Waals surface area contributed by atoms with Gasteiger partial charge in [-0.2, -0.15) is 0 Å². The zero-order valence-electron chi connectivity index (χ0n) is 7.66. The normalized spacial score (nSPS) is 17.7. The van der Waals surface area contributed by atoms with Gasteiger partial charge in [-0.15, -0.1) is 0 Å². The molecule has 0 saturated carbocycles. The molecule has 1 aromatic heterocycles. The van der Waals surface area contributed by atoms with E-state index < -0.39 is 0 Å². The molecule has 0 radical (unpaired) electrons. The highest BCUT2D eigenvalue weighted by atomic mass is 14.8. The van der Waals surface area contributed by atoms with Gasteiger partial charge in [-0.1, -0.05) is 12.1 Å². The highest BCUT2D eigenvalue weighted by Gasteiger charge is 2.03. The second kappa shape index (κ2) is 4.19. The number of nitrogens with one attached hydrogen (secondary N) is 1. The summed E-state index contributed by atoms with van der Waals surface area (Å²) in [5, 5.41) is 3.37. The van der Waals surface area contributed by atoms with Crippen LogP contribution in [0, 0.1) is 0 Å². The zero-order chi connectivity index (χ0) is 8.93. The third-order valence-electron chi connectivity index (χ3n) is 2.32. The standard InChI is InChI=1S/C11H14N2/c1-3-10(5-8-12-6-1)11-4-2-7-13-9-11/h2-4,7,9,12H,1,5-6,8H2. The van der Waals surface area contributed by atoms with Crippen LogP contribution < -0.4 is 5.32 Å². The van der Waals surface area contributed by atoms with Crippen molar-refractivity contribution in [1.29, 1.82) is 0 Å². The van der Waals surface area contributed by atoms with Crippen LogP contribution in [0.4, 0.5) is 0 Å². The lowest BCUT2D eigenvalue weighted by molar-refractivity contribution is 0.718. The fourth-order valence-corrected chi connectivity index (χ4v) is 1.61. The van der Waals surface area contributed by atoms with Crippen LogP contribution in [0.15, 0.2) is 30.6 Å². The smallest absolute Gasteiger partial charge is 0.0342 e. The number of rotatable bonds is 1. The van der Waals surface area contributed by atoms with Gasteiger partial charge in [-0.3, -0.25) is 4.98 Å². The lowest BCUT2D eigenvalue weighted by atomic mass is 10.0. The summed E-state index contributed by atoms with van der Waals surface area (Å²) in [7, 11) is 0. The summed E-state index contributed by atoms with van der Waals surface area (Å²) >= 11 is 0. The number of pyridine rings is 1. The summed E-state index contributed by atoms with van der Waals surface area (Å²) in [5.74, 6) is 0. The van der Waals surface area contributed by atoms with Gasteiger partial charge < -0.3 is 5.32 Å². The van der Waals surface area contributed by atoms with Crippen molar-refractivity contribution < 1.29 is 0 Å². The minimum Gasteiger partial charge on any atom is -0.316 e. The van der Waals surface area contributed by atoms with Crippen LogP contribution in [-0.4, -0.2) is 18.1 Å². The molecule has 2 nitrogen and oxygen atoms in total. The Morgan fingerprint density at radius 2 is 2.31 bits per heavy atom. The quantitative estimate of drug-likeness (QED) is 0.702. The van der Waals surface area contributed by atoms with E-state index in [0.717, 1.165) is 25.9 Å². The minimum atomic E-state index is 1.08. The molecule has 2 rings (SSSR count). The Morgan fingerprint density at radius 3 is 3.15 bits per heavy atom. The number of hydrogen-bond donors (Lipinski definition) is 1. The molecule has 2 heteroatoms. The fraction of sp³-hybridized carbons (Fsp3) is 0.364. The van der Waals surface area contributed by atoms with Crippen molar-refractivity contribution >= 4 is 5.57 Å².